The van der Waals surface area contributed by atoms with E-state index in [-0.39, 0.29) is 0 Å². The van der Waals surface area contributed by atoms with Crippen molar-refractivity contribution in [1.82, 2.24) is 0 Å². The predicted octanol–water partition coefficient (Wildman–Crippen LogP) is 2.04. The minimum Gasteiger partial charge on any atom is -0.228 e. The Balaban J connectivity index is 3.83. The van der Waals surface area contributed by atoms with Crippen LogP contribution in [0.5, 0.6) is 0 Å². The highest BCUT2D eigenvalue weighted by molar-refractivity contribution is 8.07. The number of hydrogen-bond donors (Lipinski definition) is 0. The van der Waals surface area contributed by atoms with Crippen molar-refractivity contribution in [2.45, 2.75) is 11.1 Å². The Morgan fingerprint density at radius 3 is 1.45 bits per heavy atom. The Morgan fingerprint density at radius 2 is 1.18 bits per heavy atom. The van der Waals surface area contributed by atoms with Gasteiger partial charge < -0.3 is 0 Å². The molecule has 0 radical (unpaired) electrons. The van der Waals surface area contributed by atoms with Crippen LogP contribution in [0.15, 0.2) is 4.90 Å². The van der Waals surface area contributed by atoms with Crippen molar-refractivity contribution in [2.75, 3.05) is 11.3 Å². The summed E-state index contributed by atoms with van der Waals surface area (Å²) in [4.78, 5) is -2.42. The lowest BCUT2D eigenvalue weighted by atomic mass is 10.1. The van der Waals surface area contributed by atoms with E-state index in [1.54, 1.807) is 0 Å². The minimum absolute atomic E-state index is 0.331. The van der Waals surface area contributed by atoms with Gasteiger partial charge in [-0.05, 0) is 0 Å². The molecule has 1 aromatic carbocycles. The molecule has 0 aliphatic rings. The molecule has 126 valence electrons. The summed E-state index contributed by atoms with van der Waals surface area (Å²) < 4.78 is 135. The predicted molar refractivity (Wildman–Crippen MR) is 58.2 cm³/mol. The molecule has 0 atom stereocenters. The van der Waals surface area contributed by atoms with Crippen molar-refractivity contribution in [3.05, 3.63) is 28.8 Å². The van der Waals surface area contributed by atoms with Crippen LogP contribution >= 0.6 is 0 Å². The van der Waals surface area contributed by atoms with Gasteiger partial charge in [0.25, 0.3) is 0 Å². The summed E-state index contributed by atoms with van der Waals surface area (Å²) in [6, 6.07) is 0. The van der Waals surface area contributed by atoms with Crippen LogP contribution in [0.4, 0.5) is 30.7 Å². The zero-order valence-electron chi connectivity index (χ0n) is 10.3. The van der Waals surface area contributed by atoms with Gasteiger partial charge in [-0.25, -0.2) is 34.4 Å². The third kappa shape index (κ3) is 3.51. The quantitative estimate of drug-likeness (QED) is 0.600. The maximum atomic E-state index is 13.4. The van der Waals surface area contributed by atoms with E-state index in [0.717, 1.165) is 0 Å². The van der Waals surface area contributed by atoms with E-state index in [4.69, 9.17) is 0 Å². The Kier molecular flexibility index (Phi) is 4.56. The first-order valence-electron chi connectivity index (χ1n) is 4.93. The standard InChI is InChI=1S/C9H5F7O4S2/c1-21(17,18)2-22(19,20)8-6(12)4(10)3(9(14,15)16)5(11)7(8)13/h2H2,1H3. The SMILES string of the molecule is CS(=O)(=O)CS(=O)(=O)c1c(F)c(F)c(C(F)(F)F)c(F)c1F. The lowest BCUT2D eigenvalue weighted by Crippen LogP contribution is -2.22. The van der Waals surface area contributed by atoms with Crippen LogP contribution < -0.4 is 0 Å². The normalized spacial score (nSPS) is 13.5. The molecule has 1 aromatic rings. The summed E-state index contributed by atoms with van der Waals surface area (Å²) in [5.41, 5.74) is -2.96. The molecule has 1 rings (SSSR count). The van der Waals surface area contributed by atoms with Crippen molar-refractivity contribution >= 4 is 19.7 Å². The van der Waals surface area contributed by atoms with E-state index in [1.165, 1.54) is 0 Å². The number of hydrogen-bond acceptors (Lipinski definition) is 4. The summed E-state index contributed by atoms with van der Waals surface area (Å²) >= 11 is 0. The van der Waals surface area contributed by atoms with Gasteiger partial charge in [0.15, 0.2) is 48.0 Å². The maximum absolute atomic E-state index is 13.4. The van der Waals surface area contributed by atoms with Gasteiger partial charge >= 0.3 is 6.18 Å². The molecule has 22 heavy (non-hydrogen) atoms. The molecule has 0 saturated carbocycles. The Morgan fingerprint density at radius 1 is 0.818 bits per heavy atom. The zero-order valence-corrected chi connectivity index (χ0v) is 11.9. The first-order valence-corrected chi connectivity index (χ1v) is 8.64. The van der Waals surface area contributed by atoms with Gasteiger partial charge in [0, 0.05) is 6.26 Å². The molecule has 0 saturated heterocycles. The topological polar surface area (TPSA) is 68.3 Å². The molecule has 0 bridgehead atoms. The van der Waals surface area contributed by atoms with Gasteiger partial charge in [0.1, 0.15) is 10.5 Å². The second-order valence-electron chi connectivity index (χ2n) is 4.12. The number of halogens is 7. The van der Waals surface area contributed by atoms with Crippen LogP contribution in [0.25, 0.3) is 0 Å². The van der Waals surface area contributed by atoms with E-state index >= 15 is 0 Å². The van der Waals surface area contributed by atoms with Crippen LogP contribution in [-0.2, 0) is 25.9 Å². The molecule has 0 unspecified atom stereocenters. The molecule has 0 aromatic heterocycles. The third-order valence-electron chi connectivity index (χ3n) is 2.19. The van der Waals surface area contributed by atoms with E-state index < -0.39 is 64.7 Å². The van der Waals surface area contributed by atoms with Crippen LogP contribution in [0.2, 0.25) is 0 Å². The van der Waals surface area contributed by atoms with Crippen molar-refractivity contribution in [1.29, 1.82) is 0 Å². The first kappa shape index (κ1) is 18.7. The molecule has 13 heteroatoms. The second kappa shape index (κ2) is 5.37. The van der Waals surface area contributed by atoms with E-state index in [0.29, 0.717) is 6.26 Å². The Bertz CT molecular complexity index is 795. The van der Waals surface area contributed by atoms with Gasteiger partial charge in [-0.1, -0.05) is 0 Å². The fourth-order valence-electron chi connectivity index (χ4n) is 1.47. The number of sulfone groups is 2. The summed E-state index contributed by atoms with van der Waals surface area (Å²) in [6.45, 7) is 0. The van der Waals surface area contributed by atoms with Crippen molar-refractivity contribution < 1.29 is 47.6 Å². The molecule has 0 aliphatic carbocycles. The van der Waals surface area contributed by atoms with E-state index in [9.17, 15) is 47.6 Å². The molecule has 0 N–H and O–H groups in total. The van der Waals surface area contributed by atoms with Crippen molar-refractivity contribution in [3.8, 4) is 0 Å². The highest BCUT2D eigenvalue weighted by atomic mass is 32.3. The summed E-state index contributed by atoms with van der Waals surface area (Å²) in [6.07, 6.45) is -5.51. The number of benzene rings is 1. The van der Waals surface area contributed by atoms with Crippen molar-refractivity contribution in [2.24, 2.45) is 0 Å². The minimum atomic E-state index is -5.84. The molecule has 0 spiro atoms. The molecular formula is C9H5F7O4S2. The monoisotopic (exact) mass is 374 g/mol. The van der Waals surface area contributed by atoms with Gasteiger partial charge in [0.2, 0.25) is 0 Å². The summed E-state index contributed by atoms with van der Waals surface area (Å²) in [5.74, 6) is -11.7. The van der Waals surface area contributed by atoms with Gasteiger partial charge in [-0.3, -0.25) is 0 Å². The van der Waals surface area contributed by atoms with E-state index in [2.05, 4.69) is 0 Å². The maximum Gasteiger partial charge on any atom is 0.422 e. The van der Waals surface area contributed by atoms with Crippen molar-refractivity contribution in [3.63, 3.8) is 0 Å². The third-order valence-corrected chi connectivity index (χ3v) is 6.12. The lowest BCUT2D eigenvalue weighted by molar-refractivity contribution is -0.143. The Hall–Kier alpha value is -1.37. The fourth-order valence-corrected chi connectivity index (χ4v) is 4.93. The van der Waals surface area contributed by atoms with Crippen LogP contribution in [0.1, 0.15) is 5.56 Å². The highest BCUT2D eigenvalue weighted by Gasteiger charge is 2.44. The van der Waals surface area contributed by atoms with E-state index in [1.807, 2.05) is 0 Å². The molecule has 0 heterocycles. The number of rotatable bonds is 3. The van der Waals surface area contributed by atoms with Gasteiger partial charge in [0.05, 0.1) is 0 Å². The highest BCUT2D eigenvalue weighted by Crippen LogP contribution is 2.38. The second-order valence-corrected chi connectivity index (χ2v) is 8.55. The van der Waals surface area contributed by atoms with Crippen LogP contribution in [0, 0.1) is 23.3 Å². The smallest absolute Gasteiger partial charge is 0.228 e. The largest absolute Gasteiger partial charge is 0.422 e. The molecule has 0 fully saturated rings. The lowest BCUT2D eigenvalue weighted by Gasteiger charge is -2.14. The molecular weight excluding hydrogens is 369 g/mol. The van der Waals surface area contributed by atoms with Crippen LogP contribution in [-0.4, -0.2) is 28.2 Å². The van der Waals surface area contributed by atoms with Gasteiger partial charge in [-0.15, -0.1) is 0 Å². The molecule has 0 amide bonds. The molecule has 0 aliphatic heterocycles. The van der Waals surface area contributed by atoms with Crippen LogP contribution in [0.3, 0.4) is 0 Å². The summed E-state index contributed by atoms with van der Waals surface area (Å²) in [5, 5.41) is -1.95. The Labute approximate surface area is 119 Å². The van der Waals surface area contributed by atoms with Gasteiger partial charge in [-0.2, -0.15) is 13.2 Å². The summed E-state index contributed by atoms with van der Waals surface area (Å²) in [7, 11) is -9.89. The average molecular weight is 374 g/mol. The number of alkyl halides is 3. The average Bonchev–Trinajstić information content (AvgIpc) is 2.21. The zero-order chi connectivity index (χ0) is 17.7. The first-order chi connectivity index (χ1) is 9.59. The fraction of sp³-hybridized carbons (Fsp3) is 0.333. The molecule has 4 nitrogen and oxygen atoms in total.